The Morgan fingerprint density at radius 2 is 1.94 bits per heavy atom. The van der Waals surface area contributed by atoms with Crippen LogP contribution in [-0.4, -0.2) is 39.0 Å². The van der Waals surface area contributed by atoms with Gasteiger partial charge >= 0.3 is 0 Å². The van der Waals surface area contributed by atoms with Crippen molar-refractivity contribution in [2.75, 3.05) is 7.11 Å². The number of carbonyl (C=O) groups excluding carboxylic acids is 1. The highest BCUT2D eigenvalue weighted by atomic mass is 35.5. The fourth-order valence-corrected chi connectivity index (χ4v) is 3.58. The van der Waals surface area contributed by atoms with E-state index in [9.17, 15) is 4.79 Å². The lowest BCUT2D eigenvalue weighted by Crippen LogP contribution is -2.36. The monoisotopic (exact) mass is 460 g/mol. The maximum absolute atomic E-state index is 12.6. The molecule has 0 unspecified atom stereocenters. The molecular weight excluding hydrogens is 440 g/mol. The molecule has 2 N–H and O–H groups in total. The number of amides is 1. The average molecular weight is 461 g/mol. The molecule has 0 aliphatic rings. The molecule has 0 fully saturated rings. The van der Waals surface area contributed by atoms with Crippen LogP contribution in [0.25, 0.3) is 22.5 Å². The van der Waals surface area contributed by atoms with Crippen LogP contribution in [0.3, 0.4) is 0 Å². The summed E-state index contributed by atoms with van der Waals surface area (Å²) >= 11 is 6.12. The van der Waals surface area contributed by atoms with Crippen molar-refractivity contribution in [2.45, 2.75) is 19.5 Å². The number of hydrogen-bond acceptors (Lipinski definition) is 5. The molecule has 33 heavy (non-hydrogen) atoms. The number of nitrogens with one attached hydrogen (secondary N) is 2. The van der Waals surface area contributed by atoms with Gasteiger partial charge in [-0.2, -0.15) is 15.5 Å². The molecule has 4 aromatic rings. The highest BCUT2D eigenvalue weighted by Crippen LogP contribution is 2.24. The van der Waals surface area contributed by atoms with Gasteiger partial charge in [-0.3, -0.25) is 14.6 Å². The van der Waals surface area contributed by atoms with E-state index in [1.165, 1.54) is 0 Å². The number of ether oxygens (including phenoxy) is 1. The number of aromatic nitrogens is 4. The van der Waals surface area contributed by atoms with Gasteiger partial charge in [-0.1, -0.05) is 17.7 Å². The number of methoxy groups -OCH3 is 1. The van der Waals surface area contributed by atoms with E-state index in [1.807, 2.05) is 49.5 Å². The summed E-state index contributed by atoms with van der Waals surface area (Å²) in [5.74, 6) is 0.506. The number of nitriles is 1. The standard InChI is InChI=1S/C24H21ClN6O2/c1-15(14-31-10-9-21(30-31)17-3-4-18(13-26)20(25)11-17)27-24(32)23-12-22(28-29-23)16-5-7-19(33-2)8-6-16/h3-12,15H,14H2,1-2H3,(H,27,32)(H,28,29)/t15-/m0/s1. The molecule has 2 heterocycles. The van der Waals surface area contributed by atoms with E-state index in [2.05, 4.69) is 20.6 Å². The fourth-order valence-electron chi connectivity index (χ4n) is 3.36. The van der Waals surface area contributed by atoms with Crippen LogP contribution in [0.5, 0.6) is 5.75 Å². The first-order valence-electron chi connectivity index (χ1n) is 10.2. The SMILES string of the molecule is COc1ccc(-c2cc(C(=O)N[C@@H](C)Cn3ccc(-c4ccc(C#N)c(Cl)c4)n3)[nH]n2)cc1. The van der Waals surface area contributed by atoms with Crippen molar-refractivity contribution in [1.29, 1.82) is 5.26 Å². The van der Waals surface area contributed by atoms with Crippen LogP contribution in [0, 0.1) is 11.3 Å². The summed E-state index contributed by atoms with van der Waals surface area (Å²) in [6, 6.07) is 18.1. The maximum atomic E-state index is 12.6. The third kappa shape index (κ3) is 5.05. The second-order valence-corrected chi connectivity index (χ2v) is 7.91. The van der Waals surface area contributed by atoms with E-state index in [-0.39, 0.29) is 11.9 Å². The summed E-state index contributed by atoms with van der Waals surface area (Å²) in [4.78, 5) is 12.6. The Morgan fingerprint density at radius 1 is 1.18 bits per heavy atom. The molecule has 166 valence electrons. The Bertz CT molecular complexity index is 1320. The molecule has 0 aliphatic heterocycles. The maximum Gasteiger partial charge on any atom is 0.269 e. The lowest BCUT2D eigenvalue weighted by atomic mass is 10.1. The summed E-state index contributed by atoms with van der Waals surface area (Å²) in [6.45, 7) is 2.38. The van der Waals surface area contributed by atoms with Gasteiger partial charge in [-0.15, -0.1) is 0 Å². The van der Waals surface area contributed by atoms with Gasteiger partial charge in [0.05, 0.1) is 35.6 Å². The first-order valence-corrected chi connectivity index (χ1v) is 10.6. The molecular formula is C24H21ClN6O2. The predicted octanol–water partition coefficient (Wildman–Crippen LogP) is 4.29. The minimum Gasteiger partial charge on any atom is -0.497 e. The first kappa shape index (κ1) is 22.1. The first-order chi connectivity index (χ1) is 16.0. The van der Waals surface area contributed by atoms with Gasteiger partial charge in [-0.05, 0) is 55.5 Å². The van der Waals surface area contributed by atoms with Crippen LogP contribution in [0.2, 0.25) is 5.02 Å². The van der Waals surface area contributed by atoms with E-state index in [4.69, 9.17) is 21.6 Å². The highest BCUT2D eigenvalue weighted by molar-refractivity contribution is 6.32. The average Bonchev–Trinajstić information content (AvgIpc) is 3.49. The van der Waals surface area contributed by atoms with E-state index >= 15 is 0 Å². The van der Waals surface area contributed by atoms with Gasteiger partial charge in [0, 0.05) is 23.4 Å². The molecule has 1 atom stereocenters. The zero-order valence-electron chi connectivity index (χ0n) is 18.0. The number of aromatic amines is 1. The Kier molecular flexibility index (Phi) is 6.43. The summed E-state index contributed by atoms with van der Waals surface area (Å²) < 4.78 is 6.92. The number of nitrogens with zero attached hydrogens (tertiary/aromatic N) is 4. The quantitative estimate of drug-likeness (QED) is 0.427. The third-order valence-corrected chi connectivity index (χ3v) is 5.39. The van der Waals surface area contributed by atoms with Crippen molar-refractivity contribution >= 4 is 17.5 Å². The molecule has 0 aliphatic carbocycles. The van der Waals surface area contributed by atoms with E-state index in [0.29, 0.717) is 28.5 Å². The van der Waals surface area contributed by atoms with Crippen molar-refractivity contribution in [3.8, 4) is 34.3 Å². The molecule has 0 bridgehead atoms. The van der Waals surface area contributed by atoms with Crippen LogP contribution < -0.4 is 10.1 Å². The molecule has 2 aromatic heterocycles. The van der Waals surface area contributed by atoms with Crippen LogP contribution in [0.1, 0.15) is 23.0 Å². The molecule has 0 radical (unpaired) electrons. The van der Waals surface area contributed by atoms with Crippen molar-refractivity contribution in [3.63, 3.8) is 0 Å². The van der Waals surface area contributed by atoms with Crippen molar-refractivity contribution in [1.82, 2.24) is 25.3 Å². The Morgan fingerprint density at radius 3 is 2.64 bits per heavy atom. The van der Waals surface area contributed by atoms with Gasteiger partial charge in [0.2, 0.25) is 0 Å². The summed E-state index contributed by atoms with van der Waals surface area (Å²) in [5.41, 5.74) is 3.90. The van der Waals surface area contributed by atoms with Crippen molar-refractivity contribution in [2.24, 2.45) is 0 Å². The Balaban J connectivity index is 1.38. The molecule has 0 spiro atoms. The summed E-state index contributed by atoms with van der Waals surface area (Å²) in [5, 5.41) is 23.9. The highest BCUT2D eigenvalue weighted by Gasteiger charge is 2.15. The van der Waals surface area contributed by atoms with Gasteiger partial charge < -0.3 is 10.1 Å². The number of halogens is 1. The largest absolute Gasteiger partial charge is 0.497 e. The molecule has 0 saturated heterocycles. The summed E-state index contributed by atoms with van der Waals surface area (Å²) in [7, 11) is 1.61. The second kappa shape index (κ2) is 9.59. The molecule has 9 heteroatoms. The van der Waals surface area contributed by atoms with Crippen LogP contribution in [-0.2, 0) is 6.54 Å². The molecule has 8 nitrogen and oxygen atoms in total. The zero-order valence-corrected chi connectivity index (χ0v) is 18.8. The molecule has 1 amide bonds. The number of rotatable bonds is 7. The van der Waals surface area contributed by atoms with Gasteiger partial charge in [-0.25, -0.2) is 0 Å². The fraction of sp³-hybridized carbons (Fsp3) is 0.167. The lowest BCUT2D eigenvalue weighted by molar-refractivity contribution is 0.0931. The third-order valence-electron chi connectivity index (χ3n) is 5.07. The Hall–Kier alpha value is -4.09. The minimum atomic E-state index is -0.249. The molecule has 0 saturated carbocycles. The van der Waals surface area contributed by atoms with Crippen LogP contribution in [0.15, 0.2) is 60.8 Å². The van der Waals surface area contributed by atoms with Gasteiger partial charge in [0.15, 0.2) is 0 Å². The summed E-state index contributed by atoms with van der Waals surface area (Å²) in [6.07, 6.45) is 1.84. The van der Waals surface area contributed by atoms with Crippen LogP contribution in [0.4, 0.5) is 0 Å². The second-order valence-electron chi connectivity index (χ2n) is 7.50. The molecule has 2 aromatic carbocycles. The molecule has 4 rings (SSSR count). The van der Waals surface area contributed by atoms with E-state index in [1.54, 1.807) is 36.1 Å². The number of benzene rings is 2. The predicted molar refractivity (Wildman–Crippen MR) is 125 cm³/mol. The number of H-pyrrole nitrogens is 1. The van der Waals surface area contributed by atoms with Gasteiger partial charge in [0.1, 0.15) is 17.5 Å². The van der Waals surface area contributed by atoms with Crippen LogP contribution >= 0.6 is 11.6 Å². The van der Waals surface area contributed by atoms with E-state index < -0.39 is 0 Å². The lowest BCUT2D eigenvalue weighted by Gasteiger charge is -2.13. The number of hydrogen-bond donors (Lipinski definition) is 2. The van der Waals surface area contributed by atoms with Gasteiger partial charge in [0.25, 0.3) is 5.91 Å². The normalized spacial score (nSPS) is 11.6. The Labute approximate surface area is 195 Å². The van der Waals surface area contributed by atoms with Crippen molar-refractivity contribution < 1.29 is 9.53 Å². The smallest absolute Gasteiger partial charge is 0.269 e. The van der Waals surface area contributed by atoms with Crippen molar-refractivity contribution in [3.05, 3.63) is 77.1 Å². The topological polar surface area (TPSA) is 109 Å². The number of carbonyl (C=O) groups is 1. The van der Waals surface area contributed by atoms with E-state index in [0.717, 1.165) is 22.6 Å². The zero-order chi connectivity index (χ0) is 23.4. The minimum absolute atomic E-state index is 0.178.